The number of carbonyl (C=O) groups is 4. The summed E-state index contributed by atoms with van der Waals surface area (Å²) in [6.07, 6.45) is 2.00. The molecule has 0 radical (unpaired) electrons. The highest BCUT2D eigenvalue weighted by Gasteiger charge is 2.39. The van der Waals surface area contributed by atoms with Gasteiger partial charge in [-0.05, 0) is 35.7 Å². The van der Waals surface area contributed by atoms with Crippen LogP contribution in [-0.4, -0.2) is 49.3 Å². The van der Waals surface area contributed by atoms with Crippen LogP contribution in [0.15, 0.2) is 54.9 Å². The fourth-order valence-electron chi connectivity index (χ4n) is 4.05. The lowest BCUT2D eigenvalue weighted by Crippen LogP contribution is -2.52. The van der Waals surface area contributed by atoms with E-state index in [4.69, 9.17) is 0 Å². The Balaban J connectivity index is 1.24. The fourth-order valence-corrected chi connectivity index (χ4v) is 4.05. The molecule has 1 fully saturated rings. The Morgan fingerprint density at radius 2 is 1.94 bits per heavy atom. The number of rotatable bonds is 5. The number of amides is 4. The third kappa shape index (κ3) is 3.98. The van der Waals surface area contributed by atoms with Crippen LogP contribution in [0.1, 0.15) is 44.9 Å². The second-order valence-corrected chi connectivity index (χ2v) is 7.92. The zero-order valence-corrected chi connectivity index (χ0v) is 17.5. The van der Waals surface area contributed by atoms with Gasteiger partial charge >= 0.3 is 0 Å². The highest BCUT2D eigenvalue weighted by molar-refractivity contribution is 6.05. The predicted octanol–water partition coefficient (Wildman–Crippen LogP) is 0.958. The van der Waals surface area contributed by atoms with E-state index in [0.717, 1.165) is 16.8 Å². The highest BCUT2D eigenvalue weighted by atomic mass is 16.2. The van der Waals surface area contributed by atoms with Gasteiger partial charge in [-0.1, -0.05) is 30.3 Å². The van der Waals surface area contributed by atoms with E-state index in [-0.39, 0.29) is 30.6 Å². The number of aromatic nitrogens is 3. The first kappa shape index (κ1) is 20.6. The van der Waals surface area contributed by atoms with E-state index in [1.54, 1.807) is 6.07 Å². The molecule has 3 heterocycles. The molecular weight excluding hydrogens is 424 g/mol. The Morgan fingerprint density at radius 1 is 1.12 bits per heavy atom. The molecule has 33 heavy (non-hydrogen) atoms. The number of fused-ring (bicyclic) bond motifs is 1. The van der Waals surface area contributed by atoms with Crippen molar-refractivity contribution in [3.63, 3.8) is 0 Å². The Bertz CT molecular complexity index is 1270. The molecule has 4 amide bonds. The van der Waals surface area contributed by atoms with Crippen LogP contribution in [0.4, 0.5) is 0 Å². The first-order valence-electron chi connectivity index (χ1n) is 10.5. The lowest BCUT2D eigenvalue weighted by Gasteiger charge is -2.29. The molecule has 2 N–H and O–H groups in total. The van der Waals surface area contributed by atoms with Crippen molar-refractivity contribution in [1.29, 1.82) is 0 Å². The molecule has 3 aromatic rings. The van der Waals surface area contributed by atoms with Crippen molar-refractivity contribution in [3.8, 4) is 5.69 Å². The van der Waals surface area contributed by atoms with Gasteiger partial charge in [0.05, 0.1) is 5.69 Å². The highest BCUT2D eigenvalue weighted by Crippen LogP contribution is 2.28. The summed E-state index contributed by atoms with van der Waals surface area (Å²) < 4.78 is 1.52. The van der Waals surface area contributed by atoms with Crippen LogP contribution in [-0.2, 0) is 22.7 Å². The summed E-state index contributed by atoms with van der Waals surface area (Å²) in [5.41, 5.74) is 2.84. The van der Waals surface area contributed by atoms with Crippen molar-refractivity contribution in [3.05, 3.63) is 77.4 Å². The smallest absolute Gasteiger partial charge is 0.291 e. The van der Waals surface area contributed by atoms with Gasteiger partial charge in [0, 0.05) is 25.1 Å². The fraction of sp³-hybridized carbons (Fsp3) is 0.217. The number of imide groups is 1. The molecule has 166 valence electrons. The molecule has 1 unspecified atom stereocenters. The third-order valence-electron chi connectivity index (χ3n) is 5.76. The minimum absolute atomic E-state index is 0.0418. The summed E-state index contributed by atoms with van der Waals surface area (Å²) in [5.74, 6) is -1.40. The molecular formula is C23H20N6O4. The third-order valence-corrected chi connectivity index (χ3v) is 5.76. The van der Waals surface area contributed by atoms with Crippen molar-refractivity contribution in [1.82, 2.24) is 30.3 Å². The van der Waals surface area contributed by atoms with Crippen LogP contribution in [0.25, 0.3) is 5.69 Å². The lowest BCUT2D eigenvalue weighted by molar-refractivity contribution is -0.136. The molecule has 0 bridgehead atoms. The van der Waals surface area contributed by atoms with Crippen molar-refractivity contribution in [2.45, 2.75) is 32.0 Å². The summed E-state index contributed by atoms with van der Waals surface area (Å²) in [7, 11) is 0. The Hall–Kier alpha value is -4.34. The molecule has 1 aromatic heterocycles. The van der Waals surface area contributed by atoms with Gasteiger partial charge in [0.15, 0.2) is 0 Å². The van der Waals surface area contributed by atoms with Crippen LogP contribution in [0.5, 0.6) is 0 Å². The molecule has 5 rings (SSSR count). The molecule has 1 saturated heterocycles. The molecule has 0 spiro atoms. The van der Waals surface area contributed by atoms with E-state index >= 15 is 0 Å². The minimum atomic E-state index is -0.656. The van der Waals surface area contributed by atoms with Gasteiger partial charge in [-0.25, -0.2) is 9.67 Å². The van der Waals surface area contributed by atoms with Gasteiger partial charge < -0.3 is 10.2 Å². The van der Waals surface area contributed by atoms with Crippen molar-refractivity contribution >= 4 is 23.6 Å². The van der Waals surface area contributed by atoms with Crippen molar-refractivity contribution in [2.24, 2.45) is 0 Å². The van der Waals surface area contributed by atoms with Gasteiger partial charge in [-0.15, -0.1) is 5.10 Å². The average Bonchev–Trinajstić information content (AvgIpc) is 3.44. The Morgan fingerprint density at radius 3 is 2.73 bits per heavy atom. The van der Waals surface area contributed by atoms with E-state index < -0.39 is 17.9 Å². The molecule has 0 aliphatic carbocycles. The van der Waals surface area contributed by atoms with Crippen molar-refractivity contribution < 1.29 is 19.2 Å². The average molecular weight is 444 g/mol. The van der Waals surface area contributed by atoms with Gasteiger partial charge in [0.1, 0.15) is 12.4 Å². The number of piperidine rings is 1. The van der Waals surface area contributed by atoms with Crippen LogP contribution in [0, 0.1) is 0 Å². The Labute approximate surface area is 188 Å². The summed E-state index contributed by atoms with van der Waals surface area (Å²) in [4.78, 5) is 54.5. The molecule has 2 aliphatic heterocycles. The lowest BCUT2D eigenvalue weighted by atomic mass is 10.0. The number of para-hydroxylation sites is 1. The molecule has 2 aromatic carbocycles. The van der Waals surface area contributed by atoms with Gasteiger partial charge in [-0.2, -0.15) is 0 Å². The summed E-state index contributed by atoms with van der Waals surface area (Å²) >= 11 is 0. The zero-order valence-electron chi connectivity index (χ0n) is 17.5. The molecule has 10 nitrogen and oxygen atoms in total. The molecule has 10 heteroatoms. The van der Waals surface area contributed by atoms with E-state index in [9.17, 15) is 19.2 Å². The van der Waals surface area contributed by atoms with Gasteiger partial charge in [-0.3, -0.25) is 24.5 Å². The minimum Gasteiger partial charge on any atom is -0.345 e. The summed E-state index contributed by atoms with van der Waals surface area (Å²) in [5, 5.41) is 9.27. The normalized spacial score (nSPS) is 17.6. The number of hydrogen-bond acceptors (Lipinski definition) is 6. The standard InChI is InChI=1S/C23H20N6O4/c30-19-9-8-18(21(31)26-19)28-12-15-7-6-14(10-17(15)23(28)33)11-24-22(32)20-25-13-29(27-20)16-4-2-1-3-5-16/h1-7,10,13,18H,8-9,11-12H2,(H,24,32)(H,26,30,31). The SMILES string of the molecule is O=C1CCC(N2Cc3ccc(CNC(=O)c4ncn(-c5ccccc5)n4)cc3C2=O)C(=O)N1. The number of hydrogen-bond donors (Lipinski definition) is 2. The molecule has 1 atom stereocenters. The van der Waals surface area contributed by atoms with Crippen LogP contribution < -0.4 is 10.6 Å². The number of benzene rings is 2. The van der Waals surface area contributed by atoms with E-state index in [1.165, 1.54) is 15.9 Å². The van der Waals surface area contributed by atoms with Crippen LogP contribution >= 0.6 is 0 Å². The maximum Gasteiger partial charge on any atom is 0.291 e. The zero-order chi connectivity index (χ0) is 22.9. The molecule has 0 saturated carbocycles. The second-order valence-electron chi connectivity index (χ2n) is 7.92. The van der Waals surface area contributed by atoms with E-state index in [1.807, 2.05) is 42.5 Å². The van der Waals surface area contributed by atoms with Gasteiger partial charge in [0.25, 0.3) is 11.8 Å². The Kier molecular flexibility index (Phi) is 5.17. The summed E-state index contributed by atoms with van der Waals surface area (Å²) in [6, 6.07) is 14.1. The second kappa shape index (κ2) is 8.30. The monoisotopic (exact) mass is 444 g/mol. The topological polar surface area (TPSA) is 126 Å². The number of nitrogens with zero attached hydrogens (tertiary/aromatic N) is 4. The van der Waals surface area contributed by atoms with Crippen LogP contribution in [0.2, 0.25) is 0 Å². The van der Waals surface area contributed by atoms with Crippen LogP contribution in [0.3, 0.4) is 0 Å². The van der Waals surface area contributed by atoms with E-state index in [2.05, 4.69) is 20.7 Å². The van der Waals surface area contributed by atoms with Crippen molar-refractivity contribution in [2.75, 3.05) is 0 Å². The predicted molar refractivity (Wildman–Crippen MR) is 115 cm³/mol. The van der Waals surface area contributed by atoms with Gasteiger partial charge in [0.2, 0.25) is 17.6 Å². The quantitative estimate of drug-likeness (QED) is 0.565. The first-order chi connectivity index (χ1) is 16.0. The maximum atomic E-state index is 12.9. The first-order valence-corrected chi connectivity index (χ1v) is 10.5. The molecule has 2 aliphatic rings. The number of nitrogens with one attached hydrogen (secondary N) is 2. The largest absolute Gasteiger partial charge is 0.345 e. The maximum absolute atomic E-state index is 12.9. The number of carbonyl (C=O) groups excluding carboxylic acids is 4. The summed E-state index contributed by atoms with van der Waals surface area (Å²) in [6.45, 7) is 0.506. The van der Waals surface area contributed by atoms with E-state index in [0.29, 0.717) is 18.5 Å².